The van der Waals surface area contributed by atoms with Crippen molar-refractivity contribution in [2.75, 3.05) is 32.9 Å². The van der Waals surface area contributed by atoms with Gasteiger partial charge in [0.2, 0.25) is 0 Å². The van der Waals surface area contributed by atoms with Gasteiger partial charge in [-0.05, 0) is 49.3 Å². The van der Waals surface area contributed by atoms with Crippen molar-refractivity contribution < 1.29 is 156 Å². The predicted octanol–water partition coefficient (Wildman–Crippen LogP) is 0.799. The van der Waals surface area contributed by atoms with Gasteiger partial charge in [-0.15, -0.1) is 0 Å². The molecule has 2 saturated heterocycles. The molecule has 2 bridgehead atoms. The largest absolute Gasteiger partial charge is 0.467 e. The van der Waals surface area contributed by atoms with Gasteiger partial charge in [-0.2, -0.15) is 0 Å². The molecule has 7 rings (SSSR count). The summed E-state index contributed by atoms with van der Waals surface area (Å²) in [7, 11) is 0. The van der Waals surface area contributed by atoms with Crippen molar-refractivity contribution in [3.8, 4) is 0 Å². The molecule has 57 heavy (non-hydrogen) atoms. The van der Waals surface area contributed by atoms with Gasteiger partial charge in [0.05, 0.1) is 49.3 Å². The monoisotopic (exact) mass is 1220 g/mol. The molecule has 304 valence electrons. The predicted molar refractivity (Wildman–Crippen MR) is 188 cm³/mol. The molecule has 4 fully saturated rings. The number of rotatable bonds is 7. The quantitative estimate of drug-likeness (QED) is 0.166. The van der Waals surface area contributed by atoms with Gasteiger partial charge >= 0.3 is 18.0 Å². The van der Waals surface area contributed by atoms with Crippen LogP contribution in [0.1, 0.15) is 62.7 Å². The first kappa shape index (κ1) is 46.8. The Morgan fingerprint density at radius 1 is 0.982 bits per heavy atom. The number of furan rings is 1. The molecule has 5 aliphatic rings. The maximum Gasteiger partial charge on any atom is 0.338 e. The first-order chi connectivity index (χ1) is 26.0. The molecule has 9 unspecified atom stereocenters. The van der Waals surface area contributed by atoms with Crippen LogP contribution in [0, 0.1) is 105 Å². The maximum absolute atomic E-state index is 14.7. The van der Waals surface area contributed by atoms with Gasteiger partial charge < -0.3 is 59.1 Å². The van der Waals surface area contributed by atoms with Crippen molar-refractivity contribution in [2.45, 2.75) is 94.4 Å². The second-order valence-corrected chi connectivity index (χ2v) is 16.0. The zero-order chi connectivity index (χ0) is 39.7. The molecule has 2 aromatic rings. The van der Waals surface area contributed by atoms with Crippen LogP contribution in [0.2, 0.25) is 0 Å². The van der Waals surface area contributed by atoms with Gasteiger partial charge in [0, 0.05) is 125 Å². The van der Waals surface area contributed by atoms with E-state index in [0.29, 0.717) is 13.2 Å². The van der Waals surface area contributed by atoms with Crippen LogP contribution in [0.25, 0.3) is 0 Å². The number of esters is 2. The first-order valence-corrected chi connectivity index (χ1v) is 18.5. The van der Waals surface area contributed by atoms with E-state index in [-0.39, 0.29) is 137 Å². The number of aliphatic hydroxyl groups is 5. The Morgan fingerprint density at radius 3 is 2.25 bits per heavy atom. The number of morpholine rings is 1. The molecule has 0 spiro atoms. The van der Waals surface area contributed by atoms with Crippen LogP contribution in [0.4, 0.5) is 4.79 Å². The minimum Gasteiger partial charge on any atom is -0.467 e. The molecule has 11 atom stereocenters. The van der Waals surface area contributed by atoms with Crippen LogP contribution in [0.15, 0.2) is 64.3 Å². The number of carbonyl (C=O) groups excluding carboxylic acids is 4. The molecule has 2 amide bonds. The van der Waals surface area contributed by atoms with Gasteiger partial charge in [-0.3, -0.25) is 4.79 Å². The Bertz CT molecular complexity index is 1860. The second kappa shape index (κ2) is 17.6. The number of hydrogen-bond donors (Lipinski definition) is 6. The van der Waals surface area contributed by atoms with Gasteiger partial charge in [0.1, 0.15) is 41.3 Å². The Hall–Kier alpha value is -1.28. The normalized spacial score (nSPS) is 35.2. The molecular weight excluding hydrogens is 1170 g/mol. The van der Waals surface area contributed by atoms with E-state index < -0.39 is 101 Å². The third-order valence-electron chi connectivity index (χ3n) is 12.9. The van der Waals surface area contributed by atoms with Crippen molar-refractivity contribution in [2.24, 2.45) is 16.7 Å². The summed E-state index contributed by atoms with van der Waals surface area (Å²) in [5, 5.41) is 63.2. The summed E-state index contributed by atoms with van der Waals surface area (Å²) in [6.07, 6.45) is -9.09. The SMILES string of the molecule is CC1=C2C(O)C(=O)[C@]3(C)C(O)CC4OC[C@@]4(O)C3C(OC(=O)c3ccccc3)C(O)(CC1OC(=O)C(O)C(NC(=O)N1CCOCC1)c1ccco1)C2(C)C.[Ac].[Ac]. The number of aliphatic hydroxyl groups excluding tert-OH is 3. The van der Waals surface area contributed by atoms with E-state index >= 15 is 0 Å². The topological polar surface area (TPSA) is 235 Å². The molecule has 2 radical (unpaired) electrons. The van der Waals surface area contributed by atoms with Crippen LogP contribution >= 0.6 is 0 Å². The number of benzene rings is 1. The number of fused-ring (bicyclic) bond motifs is 5. The van der Waals surface area contributed by atoms with Crippen molar-refractivity contribution in [1.29, 1.82) is 0 Å². The van der Waals surface area contributed by atoms with Crippen LogP contribution in [-0.4, -0.2) is 135 Å². The average molecular weight is 1220 g/mol. The molecule has 2 saturated carbocycles. The fourth-order valence-electron chi connectivity index (χ4n) is 9.49. The summed E-state index contributed by atoms with van der Waals surface area (Å²) in [5.74, 6) is -4.52. The van der Waals surface area contributed by atoms with Crippen LogP contribution in [0.5, 0.6) is 0 Å². The van der Waals surface area contributed by atoms with E-state index in [0.717, 1.165) is 0 Å². The Balaban J connectivity index is 0.00000310. The van der Waals surface area contributed by atoms with Gasteiger partial charge in [0.25, 0.3) is 0 Å². The number of amides is 2. The number of ketones is 1. The van der Waals surface area contributed by atoms with Crippen LogP contribution in [-0.2, 0) is 28.5 Å². The third kappa shape index (κ3) is 7.79. The van der Waals surface area contributed by atoms with E-state index in [9.17, 15) is 44.7 Å². The van der Waals surface area contributed by atoms with Crippen molar-refractivity contribution in [3.05, 3.63) is 71.2 Å². The molecule has 18 heteroatoms. The molecule has 2 aliphatic heterocycles. The van der Waals surface area contributed by atoms with Gasteiger partial charge in [-0.1, -0.05) is 32.0 Å². The van der Waals surface area contributed by atoms with Crippen molar-refractivity contribution >= 4 is 23.8 Å². The number of nitrogens with one attached hydrogen (secondary N) is 1. The number of urea groups is 1. The summed E-state index contributed by atoms with van der Waals surface area (Å²) >= 11 is 0. The van der Waals surface area contributed by atoms with E-state index in [1.807, 2.05) is 0 Å². The molecule has 1 aromatic heterocycles. The van der Waals surface area contributed by atoms with E-state index in [4.69, 9.17) is 23.4 Å². The number of hydrogen-bond acceptors (Lipinski definition) is 14. The van der Waals surface area contributed by atoms with Crippen LogP contribution in [0.3, 0.4) is 0 Å². The summed E-state index contributed by atoms with van der Waals surface area (Å²) < 4.78 is 28.6. The summed E-state index contributed by atoms with van der Waals surface area (Å²) in [6, 6.07) is 8.85. The fourth-order valence-corrected chi connectivity index (χ4v) is 9.49. The van der Waals surface area contributed by atoms with Crippen molar-refractivity contribution in [3.63, 3.8) is 0 Å². The summed E-state index contributed by atoms with van der Waals surface area (Å²) in [6.45, 7) is 6.82. The average Bonchev–Trinajstić information content (AvgIpc) is 3.71. The summed E-state index contributed by atoms with van der Waals surface area (Å²) in [5.41, 5.74) is -7.56. The van der Waals surface area contributed by atoms with E-state index in [1.165, 1.54) is 49.3 Å². The van der Waals surface area contributed by atoms with Crippen molar-refractivity contribution in [1.82, 2.24) is 10.2 Å². The smallest absolute Gasteiger partial charge is 0.338 e. The molecular formula is C39H48Ac2N2O14. The zero-order valence-electron chi connectivity index (χ0n) is 32.2. The minimum absolute atomic E-state index is 0. The standard InChI is InChI=1S/C39H48N2O14.2Ac/c1-20-23(54-34(47)29(44)27(22-11-8-14-52-22)40-35(48)41-12-15-51-16-13-41)18-39(50)32(55-33(46)21-9-6-5-7-10-21)30-37(4,24(42)17-25-38(30,49)19-53-25)31(45)28(43)26(20)36(39,2)3;;/h5-11,14,23-25,27-30,32,42-44,49-50H,12-13,15-19H2,1-4H3,(H,40,48);;/t23?,24?,25?,27?,28?,29?,30?,32?,37-,38+,39?;;/m1../s1. The number of carbonyl (C=O) groups is 4. The van der Waals surface area contributed by atoms with E-state index in [2.05, 4.69) is 5.32 Å². The number of Topliss-reactive ketones (excluding diaryl/α,β-unsaturated/α-hetero) is 1. The zero-order valence-corrected chi connectivity index (χ0v) is 41.7. The van der Waals surface area contributed by atoms with Gasteiger partial charge in [0.15, 0.2) is 11.9 Å². The molecule has 3 heterocycles. The minimum atomic E-state index is -2.31. The molecule has 3 aliphatic carbocycles. The third-order valence-corrected chi connectivity index (χ3v) is 12.9. The Kier molecular flexibility index (Phi) is 14.4. The molecule has 16 nitrogen and oxygen atoms in total. The maximum atomic E-state index is 14.7. The fraction of sp³-hybridized carbons (Fsp3) is 0.590. The Morgan fingerprint density at radius 2 is 1.65 bits per heavy atom. The first-order valence-electron chi connectivity index (χ1n) is 18.5. The summed E-state index contributed by atoms with van der Waals surface area (Å²) in [4.78, 5) is 57.2. The Labute approximate surface area is 401 Å². The second-order valence-electron chi connectivity index (χ2n) is 16.0. The number of nitrogens with zero attached hydrogens (tertiary/aromatic N) is 1. The van der Waals surface area contributed by atoms with Gasteiger partial charge in [-0.25, -0.2) is 14.4 Å². The van der Waals surface area contributed by atoms with Crippen LogP contribution < -0.4 is 5.32 Å². The number of ether oxygens (including phenoxy) is 4. The molecule has 6 N–H and O–H groups in total. The van der Waals surface area contributed by atoms with E-state index in [1.54, 1.807) is 32.0 Å². The molecule has 1 aromatic carbocycles.